The van der Waals surface area contributed by atoms with E-state index in [0.717, 1.165) is 17.7 Å². The van der Waals surface area contributed by atoms with E-state index in [1.165, 1.54) is 22.5 Å². The summed E-state index contributed by atoms with van der Waals surface area (Å²) in [6.45, 7) is 9.10. The number of halogens is 1. The van der Waals surface area contributed by atoms with Gasteiger partial charge in [0.25, 0.3) is 5.91 Å². The van der Waals surface area contributed by atoms with Crippen molar-refractivity contribution < 1.29 is 13.2 Å². The molecule has 1 aliphatic rings. The van der Waals surface area contributed by atoms with Crippen LogP contribution in [0, 0.1) is 13.8 Å². The average molecular weight is 436 g/mol. The van der Waals surface area contributed by atoms with Crippen LogP contribution in [0.15, 0.2) is 41.3 Å². The lowest BCUT2D eigenvalue weighted by Crippen LogP contribution is -2.48. The lowest BCUT2D eigenvalue weighted by Gasteiger charge is -2.33. The summed E-state index contributed by atoms with van der Waals surface area (Å²) in [5.74, 6) is -0.435. The number of sulfonamides is 1. The van der Waals surface area contributed by atoms with Gasteiger partial charge in [-0.25, -0.2) is 8.42 Å². The number of amides is 1. The highest BCUT2D eigenvalue weighted by Crippen LogP contribution is 2.25. The van der Waals surface area contributed by atoms with E-state index >= 15 is 0 Å². The number of nitrogens with one attached hydrogen (secondary N) is 1. The van der Waals surface area contributed by atoms with Crippen LogP contribution in [0.4, 0.5) is 5.69 Å². The Balaban J connectivity index is 1.84. The van der Waals surface area contributed by atoms with Crippen LogP contribution in [-0.4, -0.2) is 56.3 Å². The van der Waals surface area contributed by atoms with Crippen molar-refractivity contribution in [3.8, 4) is 0 Å². The SMILES string of the molecule is CCN1CCN(S(=O)(=O)c2ccc(Cl)c(C(=O)Nc3ccc(C)cc3C)c2)CC1. The molecule has 1 heterocycles. The molecule has 0 unspecified atom stereocenters. The van der Waals surface area contributed by atoms with Gasteiger partial charge in [-0.15, -0.1) is 0 Å². The molecular formula is C21H26ClN3O3S. The maximum Gasteiger partial charge on any atom is 0.257 e. The molecule has 1 saturated heterocycles. The topological polar surface area (TPSA) is 69.7 Å². The predicted molar refractivity (Wildman–Crippen MR) is 116 cm³/mol. The van der Waals surface area contributed by atoms with Crippen molar-refractivity contribution in [3.63, 3.8) is 0 Å². The minimum atomic E-state index is -3.69. The van der Waals surface area contributed by atoms with Crippen molar-refractivity contribution >= 4 is 33.2 Å². The average Bonchev–Trinajstić information content (AvgIpc) is 2.70. The number of aryl methyl sites for hydroxylation is 2. The number of benzene rings is 2. The Morgan fingerprint density at radius 3 is 2.38 bits per heavy atom. The van der Waals surface area contributed by atoms with E-state index < -0.39 is 15.9 Å². The third-order valence-corrected chi connectivity index (χ3v) is 7.45. The van der Waals surface area contributed by atoms with Crippen LogP contribution in [-0.2, 0) is 10.0 Å². The second-order valence-electron chi connectivity index (χ2n) is 7.25. The van der Waals surface area contributed by atoms with E-state index in [1.54, 1.807) is 0 Å². The van der Waals surface area contributed by atoms with Crippen molar-refractivity contribution in [1.29, 1.82) is 0 Å². The number of hydrogen-bond donors (Lipinski definition) is 1. The molecule has 1 aliphatic heterocycles. The molecule has 6 nitrogen and oxygen atoms in total. The minimum Gasteiger partial charge on any atom is -0.322 e. The molecule has 0 radical (unpaired) electrons. The van der Waals surface area contributed by atoms with E-state index in [-0.39, 0.29) is 15.5 Å². The van der Waals surface area contributed by atoms with E-state index in [0.29, 0.717) is 31.9 Å². The molecule has 8 heteroatoms. The summed E-state index contributed by atoms with van der Waals surface area (Å²) >= 11 is 6.22. The third-order valence-electron chi connectivity index (χ3n) is 5.23. The summed E-state index contributed by atoms with van der Waals surface area (Å²) in [5.41, 5.74) is 2.82. The van der Waals surface area contributed by atoms with Crippen LogP contribution in [0.3, 0.4) is 0 Å². The number of likely N-dealkylation sites (N-methyl/N-ethyl adjacent to an activating group) is 1. The standard InChI is InChI=1S/C21H26ClN3O3S/c1-4-24-9-11-25(12-10-24)29(27,28)17-6-7-19(22)18(14-17)21(26)23-20-8-5-15(2)13-16(20)3/h5-8,13-14H,4,9-12H2,1-3H3,(H,23,26). The maximum atomic E-state index is 13.1. The lowest BCUT2D eigenvalue weighted by molar-refractivity contribution is 0.102. The molecule has 0 saturated carbocycles. The fourth-order valence-corrected chi connectivity index (χ4v) is 5.07. The van der Waals surface area contributed by atoms with Crippen LogP contribution < -0.4 is 5.32 Å². The van der Waals surface area contributed by atoms with Gasteiger partial charge in [0.15, 0.2) is 0 Å². The number of nitrogens with zero attached hydrogens (tertiary/aromatic N) is 2. The van der Waals surface area contributed by atoms with Gasteiger partial charge in [-0.05, 0) is 50.2 Å². The van der Waals surface area contributed by atoms with E-state index in [4.69, 9.17) is 11.6 Å². The zero-order chi connectivity index (χ0) is 21.2. The van der Waals surface area contributed by atoms with Crippen molar-refractivity contribution in [1.82, 2.24) is 9.21 Å². The van der Waals surface area contributed by atoms with Gasteiger partial charge >= 0.3 is 0 Å². The van der Waals surface area contributed by atoms with Crippen LogP contribution in [0.2, 0.25) is 5.02 Å². The first-order valence-electron chi connectivity index (χ1n) is 9.63. The molecule has 0 bridgehead atoms. The lowest BCUT2D eigenvalue weighted by atomic mass is 10.1. The third kappa shape index (κ3) is 4.80. The van der Waals surface area contributed by atoms with Crippen molar-refractivity contribution in [2.24, 2.45) is 0 Å². The summed E-state index contributed by atoms with van der Waals surface area (Å²) < 4.78 is 27.6. The molecule has 1 N–H and O–H groups in total. The Kier molecular flexibility index (Phi) is 6.63. The Hall–Kier alpha value is -1.93. The summed E-state index contributed by atoms with van der Waals surface area (Å²) in [7, 11) is -3.69. The van der Waals surface area contributed by atoms with Gasteiger partial charge in [0.1, 0.15) is 0 Å². The second-order valence-corrected chi connectivity index (χ2v) is 9.60. The van der Waals surface area contributed by atoms with Crippen molar-refractivity contribution in [2.45, 2.75) is 25.7 Å². The van der Waals surface area contributed by atoms with E-state index in [9.17, 15) is 13.2 Å². The predicted octanol–water partition coefficient (Wildman–Crippen LogP) is 3.54. The summed E-state index contributed by atoms with van der Waals surface area (Å²) in [6.07, 6.45) is 0. The molecule has 2 aromatic carbocycles. The highest BCUT2D eigenvalue weighted by Gasteiger charge is 2.29. The largest absolute Gasteiger partial charge is 0.322 e. The van der Waals surface area contributed by atoms with Gasteiger partial charge in [-0.2, -0.15) is 4.31 Å². The summed E-state index contributed by atoms with van der Waals surface area (Å²) in [6, 6.07) is 9.98. The molecule has 0 spiro atoms. The van der Waals surface area contributed by atoms with Gasteiger partial charge in [-0.1, -0.05) is 36.2 Å². The number of anilines is 1. The number of carbonyl (C=O) groups excluding carboxylic acids is 1. The first-order valence-corrected chi connectivity index (χ1v) is 11.4. The maximum absolute atomic E-state index is 13.1. The fraction of sp³-hybridized carbons (Fsp3) is 0.381. The smallest absolute Gasteiger partial charge is 0.257 e. The molecule has 0 atom stereocenters. The molecule has 156 valence electrons. The number of piperazine rings is 1. The van der Waals surface area contributed by atoms with Gasteiger partial charge in [-0.3, -0.25) is 4.79 Å². The summed E-state index contributed by atoms with van der Waals surface area (Å²) in [4.78, 5) is 15.1. The molecular weight excluding hydrogens is 410 g/mol. The first-order chi connectivity index (χ1) is 13.7. The highest BCUT2D eigenvalue weighted by molar-refractivity contribution is 7.89. The molecule has 0 aromatic heterocycles. The molecule has 29 heavy (non-hydrogen) atoms. The zero-order valence-corrected chi connectivity index (χ0v) is 18.5. The Labute approximate surface area is 177 Å². The van der Waals surface area contributed by atoms with Crippen LogP contribution in [0.5, 0.6) is 0 Å². The molecule has 1 amide bonds. The van der Waals surface area contributed by atoms with Gasteiger partial charge in [0.2, 0.25) is 10.0 Å². The molecule has 1 fully saturated rings. The minimum absolute atomic E-state index is 0.0811. The molecule has 2 aromatic rings. The number of carbonyl (C=O) groups is 1. The monoisotopic (exact) mass is 435 g/mol. The van der Waals surface area contributed by atoms with Crippen LogP contribution in [0.25, 0.3) is 0 Å². The van der Waals surface area contributed by atoms with Gasteiger partial charge < -0.3 is 10.2 Å². The van der Waals surface area contributed by atoms with Crippen LogP contribution in [0.1, 0.15) is 28.4 Å². The Bertz CT molecular complexity index is 1020. The van der Waals surface area contributed by atoms with Crippen molar-refractivity contribution in [3.05, 3.63) is 58.1 Å². The fourth-order valence-electron chi connectivity index (χ4n) is 3.42. The summed E-state index contributed by atoms with van der Waals surface area (Å²) in [5, 5.41) is 3.04. The highest BCUT2D eigenvalue weighted by atomic mass is 35.5. The van der Waals surface area contributed by atoms with Gasteiger partial charge in [0.05, 0.1) is 15.5 Å². The van der Waals surface area contributed by atoms with Gasteiger partial charge in [0, 0.05) is 31.9 Å². The molecule has 3 rings (SSSR count). The molecule has 0 aliphatic carbocycles. The zero-order valence-electron chi connectivity index (χ0n) is 16.9. The number of hydrogen-bond acceptors (Lipinski definition) is 4. The normalized spacial score (nSPS) is 16.0. The van der Waals surface area contributed by atoms with E-state index in [1.807, 2.05) is 32.0 Å². The second kappa shape index (κ2) is 8.83. The van der Waals surface area contributed by atoms with Crippen molar-refractivity contribution in [2.75, 3.05) is 38.0 Å². The number of rotatable bonds is 5. The Morgan fingerprint density at radius 2 is 1.76 bits per heavy atom. The Morgan fingerprint density at radius 1 is 1.07 bits per heavy atom. The first kappa shape index (κ1) is 21.8. The quantitative estimate of drug-likeness (QED) is 0.779. The van der Waals surface area contributed by atoms with Crippen LogP contribution >= 0.6 is 11.6 Å². The van der Waals surface area contributed by atoms with E-state index in [2.05, 4.69) is 17.1 Å².